The molecule has 0 radical (unpaired) electrons. The predicted molar refractivity (Wildman–Crippen MR) is 46.4 cm³/mol. The number of tetrazole rings is 1. The van der Waals surface area contributed by atoms with Crippen LogP contribution in [0.15, 0.2) is 5.16 Å². The maximum Gasteiger partial charge on any atom is 0.247 e. The fraction of sp³-hybridized carbons (Fsp3) is 0.600. The Hall–Kier alpha value is -1.15. The number of aromatic nitrogens is 4. The van der Waals surface area contributed by atoms with Gasteiger partial charge in [-0.15, -0.1) is 5.10 Å². The van der Waals surface area contributed by atoms with E-state index in [-0.39, 0.29) is 11.2 Å². The van der Waals surface area contributed by atoms with Crippen LogP contribution in [0.5, 0.6) is 0 Å². The normalized spacial score (nSPS) is 12.5. The van der Waals surface area contributed by atoms with E-state index in [9.17, 15) is 4.79 Å². The van der Waals surface area contributed by atoms with Gasteiger partial charge in [0.2, 0.25) is 11.1 Å². The molecule has 3 N–H and O–H groups in total. The van der Waals surface area contributed by atoms with Crippen LogP contribution in [0.3, 0.4) is 0 Å². The van der Waals surface area contributed by atoms with Gasteiger partial charge in [-0.25, -0.2) is 10.5 Å². The Labute approximate surface area is 79.0 Å². The van der Waals surface area contributed by atoms with Crippen molar-refractivity contribution in [3.63, 3.8) is 0 Å². The Morgan fingerprint density at radius 1 is 1.77 bits per heavy atom. The molecule has 1 atom stereocenters. The van der Waals surface area contributed by atoms with Gasteiger partial charge in [0, 0.05) is 7.05 Å². The average Bonchev–Trinajstić information content (AvgIpc) is 2.50. The van der Waals surface area contributed by atoms with Gasteiger partial charge in [-0.05, 0) is 17.4 Å². The minimum absolute atomic E-state index is 0.256. The molecule has 0 aliphatic heterocycles. The number of nitrogens with two attached hydrogens (primary N) is 1. The molecule has 72 valence electrons. The zero-order chi connectivity index (χ0) is 9.84. The van der Waals surface area contributed by atoms with E-state index in [2.05, 4.69) is 21.0 Å². The van der Waals surface area contributed by atoms with Gasteiger partial charge in [0.05, 0.1) is 5.25 Å². The first kappa shape index (κ1) is 9.93. The van der Waals surface area contributed by atoms with E-state index >= 15 is 0 Å². The van der Waals surface area contributed by atoms with Gasteiger partial charge in [-0.1, -0.05) is 11.8 Å². The number of nitrogens with one attached hydrogen (secondary N) is 1. The Kier molecular flexibility index (Phi) is 3.20. The maximum atomic E-state index is 11.0. The molecule has 1 aromatic heterocycles. The summed E-state index contributed by atoms with van der Waals surface area (Å²) in [5.41, 5.74) is 2.06. The highest BCUT2D eigenvalue weighted by atomic mass is 32.2. The van der Waals surface area contributed by atoms with Gasteiger partial charge < -0.3 is 0 Å². The summed E-state index contributed by atoms with van der Waals surface area (Å²) in [6.45, 7) is 1.72. The maximum absolute atomic E-state index is 11.0. The minimum atomic E-state index is -0.310. The third-order valence-corrected chi connectivity index (χ3v) is 2.50. The number of hydrogen-bond donors (Lipinski definition) is 2. The summed E-state index contributed by atoms with van der Waals surface area (Å²) in [4.78, 5) is 11.0. The van der Waals surface area contributed by atoms with E-state index in [1.54, 1.807) is 14.0 Å². The van der Waals surface area contributed by atoms with Crippen LogP contribution in [-0.2, 0) is 11.8 Å². The Morgan fingerprint density at radius 2 is 2.46 bits per heavy atom. The standard InChI is InChI=1S/C5H10N6OS/c1-3(4(12)7-6)13-5-8-9-10-11(5)2/h3H,6H2,1-2H3,(H,7,12). The highest BCUT2D eigenvalue weighted by molar-refractivity contribution is 8.00. The summed E-state index contributed by atoms with van der Waals surface area (Å²) in [6, 6.07) is 0. The van der Waals surface area contributed by atoms with Crippen LogP contribution in [0, 0.1) is 0 Å². The van der Waals surface area contributed by atoms with Crippen molar-refractivity contribution in [3.8, 4) is 0 Å². The van der Waals surface area contributed by atoms with Crippen LogP contribution in [0.25, 0.3) is 0 Å². The van der Waals surface area contributed by atoms with Crippen molar-refractivity contribution >= 4 is 17.7 Å². The number of carbonyl (C=O) groups excluding carboxylic acids is 1. The molecule has 0 aliphatic carbocycles. The average molecular weight is 202 g/mol. The second-order valence-corrected chi connectivity index (χ2v) is 3.66. The Bertz CT molecular complexity index is 299. The second-order valence-electron chi connectivity index (χ2n) is 2.35. The second kappa shape index (κ2) is 4.19. The molecular formula is C5H10N6OS. The SMILES string of the molecule is CC(Sc1nnnn1C)C(=O)NN. The third-order valence-electron chi connectivity index (χ3n) is 1.37. The van der Waals surface area contributed by atoms with Gasteiger partial charge in [-0.2, -0.15) is 0 Å². The summed E-state index contributed by atoms with van der Waals surface area (Å²) >= 11 is 1.24. The molecule has 0 saturated carbocycles. The highest BCUT2D eigenvalue weighted by Crippen LogP contribution is 2.18. The summed E-state index contributed by atoms with van der Waals surface area (Å²) < 4.78 is 1.49. The molecule has 0 aromatic carbocycles. The molecule has 13 heavy (non-hydrogen) atoms. The number of carbonyl (C=O) groups is 1. The lowest BCUT2D eigenvalue weighted by atomic mass is 10.5. The lowest BCUT2D eigenvalue weighted by molar-refractivity contribution is -0.120. The molecule has 1 unspecified atom stereocenters. The van der Waals surface area contributed by atoms with Gasteiger partial charge in [0.1, 0.15) is 0 Å². The first-order chi connectivity index (χ1) is 6.15. The van der Waals surface area contributed by atoms with Gasteiger partial charge in [-0.3, -0.25) is 10.2 Å². The molecule has 0 saturated heterocycles. The lowest BCUT2D eigenvalue weighted by Gasteiger charge is -2.06. The van der Waals surface area contributed by atoms with Crippen molar-refractivity contribution in [2.75, 3.05) is 0 Å². The predicted octanol–water partition coefficient (Wildman–Crippen LogP) is -1.32. The summed E-state index contributed by atoms with van der Waals surface area (Å²) in [5.74, 6) is 4.71. The molecule has 1 heterocycles. The van der Waals surface area contributed by atoms with Gasteiger partial charge >= 0.3 is 0 Å². The smallest absolute Gasteiger partial charge is 0.247 e. The van der Waals surface area contributed by atoms with E-state index < -0.39 is 0 Å². The van der Waals surface area contributed by atoms with Crippen molar-refractivity contribution < 1.29 is 4.79 Å². The van der Waals surface area contributed by atoms with E-state index in [1.807, 2.05) is 0 Å². The summed E-state index contributed by atoms with van der Waals surface area (Å²) in [6.07, 6.45) is 0. The van der Waals surface area contributed by atoms with Gasteiger partial charge in [0.15, 0.2) is 0 Å². The fourth-order valence-corrected chi connectivity index (χ4v) is 1.41. The number of rotatable bonds is 3. The summed E-state index contributed by atoms with van der Waals surface area (Å²) in [5, 5.41) is 11.1. The van der Waals surface area contributed by atoms with Crippen LogP contribution in [0.2, 0.25) is 0 Å². The minimum Gasteiger partial charge on any atom is -0.293 e. The molecule has 7 nitrogen and oxygen atoms in total. The zero-order valence-corrected chi connectivity index (χ0v) is 8.08. The molecule has 1 rings (SSSR count). The quantitative estimate of drug-likeness (QED) is 0.273. The zero-order valence-electron chi connectivity index (χ0n) is 7.26. The van der Waals surface area contributed by atoms with E-state index in [4.69, 9.17) is 5.84 Å². The number of hydrazine groups is 1. The number of thioether (sulfide) groups is 1. The first-order valence-corrected chi connectivity index (χ1v) is 4.42. The van der Waals surface area contributed by atoms with Crippen molar-refractivity contribution in [2.24, 2.45) is 12.9 Å². The van der Waals surface area contributed by atoms with E-state index in [1.165, 1.54) is 16.4 Å². The van der Waals surface area contributed by atoms with Gasteiger partial charge in [0.25, 0.3) is 0 Å². The molecule has 1 amide bonds. The number of amides is 1. The summed E-state index contributed by atoms with van der Waals surface area (Å²) in [7, 11) is 1.70. The molecule has 1 aromatic rings. The van der Waals surface area contributed by atoms with E-state index in [0.717, 1.165) is 0 Å². The lowest BCUT2D eigenvalue weighted by Crippen LogP contribution is -2.36. The molecule has 0 aliphatic rings. The van der Waals surface area contributed by atoms with Crippen LogP contribution in [-0.4, -0.2) is 31.4 Å². The van der Waals surface area contributed by atoms with Crippen molar-refractivity contribution in [2.45, 2.75) is 17.3 Å². The molecular weight excluding hydrogens is 192 g/mol. The van der Waals surface area contributed by atoms with Crippen LogP contribution in [0.1, 0.15) is 6.92 Å². The fourth-order valence-electron chi connectivity index (χ4n) is 0.650. The molecule has 0 bridgehead atoms. The largest absolute Gasteiger partial charge is 0.293 e. The highest BCUT2D eigenvalue weighted by Gasteiger charge is 2.15. The van der Waals surface area contributed by atoms with Crippen molar-refractivity contribution in [1.82, 2.24) is 25.6 Å². The van der Waals surface area contributed by atoms with Crippen molar-refractivity contribution in [3.05, 3.63) is 0 Å². The van der Waals surface area contributed by atoms with Crippen LogP contribution >= 0.6 is 11.8 Å². The first-order valence-electron chi connectivity index (χ1n) is 3.54. The van der Waals surface area contributed by atoms with Crippen LogP contribution in [0.4, 0.5) is 0 Å². The number of aryl methyl sites for hydroxylation is 1. The number of hydrogen-bond acceptors (Lipinski definition) is 6. The third kappa shape index (κ3) is 2.39. The monoisotopic (exact) mass is 202 g/mol. The van der Waals surface area contributed by atoms with Crippen molar-refractivity contribution in [1.29, 1.82) is 0 Å². The number of nitrogens with zero attached hydrogens (tertiary/aromatic N) is 4. The topological polar surface area (TPSA) is 98.7 Å². The Balaban J connectivity index is 2.59. The van der Waals surface area contributed by atoms with E-state index in [0.29, 0.717) is 5.16 Å². The molecule has 0 spiro atoms. The Morgan fingerprint density at radius 3 is 2.92 bits per heavy atom. The van der Waals surface area contributed by atoms with Crippen LogP contribution < -0.4 is 11.3 Å². The molecule has 8 heteroatoms. The molecule has 0 fully saturated rings.